The standard InChI is InChI=1S/C15H23/c1-4-8-13-11-7-12-14(9-5-2)15(13)10-6-3/h11-12H,4-6,8-10H2,1-3H3. The molecule has 0 heterocycles. The minimum Gasteiger partial charge on any atom is -0.0651 e. The third-order valence-corrected chi connectivity index (χ3v) is 2.83. The van der Waals surface area contributed by atoms with Crippen molar-refractivity contribution in [2.24, 2.45) is 0 Å². The van der Waals surface area contributed by atoms with Crippen molar-refractivity contribution in [2.45, 2.75) is 59.3 Å². The van der Waals surface area contributed by atoms with Gasteiger partial charge in [-0.2, -0.15) is 0 Å². The van der Waals surface area contributed by atoms with Gasteiger partial charge in [0.15, 0.2) is 0 Å². The minimum absolute atomic E-state index is 1.21. The second-order valence-corrected chi connectivity index (χ2v) is 4.23. The molecule has 0 saturated carbocycles. The molecule has 83 valence electrons. The fourth-order valence-electron chi connectivity index (χ4n) is 2.18. The van der Waals surface area contributed by atoms with Crippen LogP contribution in [-0.2, 0) is 19.3 Å². The number of hydrogen-bond donors (Lipinski definition) is 0. The van der Waals surface area contributed by atoms with E-state index >= 15 is 0 Å². The van der Waals surface area contributed by atoms with E-state index in [0.717, 1.165) is 0 Å². The number of aryl methyl sites for hydroxylation is 2. The maximum absolute atomic E-state index is 3.30. The van der Waals surface area contributed by atoms with Crippen LogP contribution in [0, 0.1) is 6.07 Å². The Bertz CT molecular complexity index is 262. The van der Waals surface area contributed by atoms with Crippen LogP contribution in [0.2, 0.25) is 0 Å². The molecule has 0 spiro atoms. The van der Waals surface area contributed by atoms with E-state index in [4.69, 9.17) is 0 Å². The highest BCUT2D eigenvalue weighted by Gasteiger charge is 2.06. The summed E-state index contributed by atoms with van der Waals surface area (Å²) < 4.78 is 0. The molecule has 0 aromatic heterocycles. The predicted octanol–water partition coefficient (Wildman–Crippen LogP) is 4.34. The van der Waals surface area contributed by atoms with E-state index in [1.807, 2.05) is 0 Å². The molecule has 0 aliphatic carbocycles. The van der Waals surface area contributed by atoms with Crippen molar-refractivity contribution >= 4 is 0 Å². The second-order valence-electron chi connectivity index (χ2n) is 4.23. The summed E-state index contributed by atoms with van der Waals surface area (Å²) in [5.41, 5.74) is 4.68. The molecule has 1 rings (SSSR count). The molecule has 1 radical (unpaired) electrons. The van der Waals surface area contributed by atoms with Crippen molar-refractivity contribution in [1.29, 1.82) is 0 Å². The van der Waals surface area contributed by atoms with Crippen molar-refractivity contribution in [1.82, 2.24) is 0 Å². The molecule has 0 fully saturated rings. The summed E-state index contributed by atoms with van der Waals surface area (Å²) >= 11 is 0. The molecule has 0 amide bonds. The Balaban J connectivity index is 2.97. The molecule has 0 heteroatoms. The number of hydrogen-bond acceptors (Lipinski definition) is 0. The summed E-state index contributed by atoms with van der Waals surface area (Å²) in [7, 11) is 0. The van der Waals surface area contributed by atoms with Crippen molar-refractivity contribution in [3.05, 3.63) is 34.9 Å². The first-order chi connectivity index (χ1) is 7.33. The molecule has 0 bridgehead atoms. The quantitative estimate of drug-likeness (QED) is 0.645. The van der Waals surface area contributed by atoms with Crippen molar-refractivity contribution in [3.63, 3.8) is 0 Å². The van der Waals surface area contributed by atoms with Gasteiger partial charge in [-0.3, -0.25) is 0 Å². The maximum atomic E-state index is 3.30. The average molecular weight is 203 g/mol. The van der Waals surface area contributed by atoms with E-state index in [1.54, 1.807) is 5.56 Å². The van der Waals surface area contributed by atoms with Gasteiger partial charge in [0.1, 0.15) is 0 Å². The molecule has 15 heavy (non-hydrogen) atoms. The van der Waals surface area contributed by atoms with Gasteiger partial charge < -0.3 is 0 Å². The smallest absolute Gasteiger partial charge is 0.0178 e. The first kappa shape index (κ1) is 12.3. The highest BCUT2D eigenvalue weighted by Crippen LogP contribution is 2.19. The zero-order valence-electron chi connectivity index (χ0n) is 10.4. The third kappa shape index (κ3) is 3.37. The predicted molar refractivity (Wildman–Crippen MR) is 67.3 cm³/mol. The molecule has 0 saturated heterocycles. The molecule has 0 aliphatic rings. The summed E-state index contributed by atoms with van der Waals surface area (Å²) in [6.07, 6.45) is 7.38. The first-order valence-corrected chi connectivity index (χ1v) is 6.34. The van der Waals surface area contributed by atoms with Crippen molar-refractivity contribution < 1.29 is 0 Å². The fraction of sp³-hybridized carbons (Fsp3) is 0.600. The molecule has 1 aromatic rings. The van der Waals surface area contributed by atoms with Gasteiger partial charge in [0.05, 0.1) is 0 Å². The lowest BCUT2D eigenvalue weighted by Crippen LogP contribution is -2.00. The lowest BCUT2D eigenvalue weighted by molar-refractivity contribution is 0.825. The van der Waals surface area contributed by atoms with Crippen LogP contribution in [0.25, 0.3) is 0 Å². The van der Waals surface area contributed by atoms with Gasteiger partial charge >= 0.3 is 0 Å². The van der Waals surface area contributed by atoms with Gasteiger partial charge in [-0.15, -0.1) is 0 Å². The lowest BCUT2D eigenvalue weighted by atomic mass is 9.92. The largest absolute Gasteiger partial charge is 0.0651 e. The van der Waals surface area contributed by atoms with E-state index in [2.05, 4.69) is 39.0 Å². The Labute approximate surface area is 94.7 Å². The summed E-state index contributed by atoms with van der Waals surface area (Å²) in [5.74, 6) is 0. The van der Waals surface area contributed by atoms with E-state index < -0.39 is 0 Å². The van der Waals surface area contributed by atoms with Crippen LogP contribution in [-0.4, -0.2) is 0 Å². The van der Waals surface area contributed by atoms with Crippen molar-refractivity contribution in [3.8, 4) is 0 Å². The van der Waals surface area contributed by atoms with E-state index in [0.29, 0.717) is 0 Å². The highest BCUT2D eigenvalue weighted by atomic mass is 14.1. The minimum atomic E-state index is 1.21. The van der Waals surface area contributed by atoms with Crippen LogP contribution >= 0.6 is 0 Å². The lowest BCUT2D eigenvalue weighted by Gasteiger charge is -2.13. The molecule has 0 N–H and O–H groups in total. The van der Waals surface area contributed by atoms with Gasteiger partial charge in [-0.1, -0.05) is 52.2 Å². The summed E-state index contributed by atoms with van der Waals surface area (Å²) in [4.78, 5) is 0. The number of rotatable bonds is 6. The highest BCUT2D eigenvalue weighted by molar-refractivity contribution is 5.35. The van der Waals surface area contributed by atoms with E-state index in [1.165, 1.54) is 49.7 Å². The normalized spacial score (nSPS) is 10.6. The molecular formula is C15H23. The van der Waals surface area contributed by atoms with Gasteiger partial charge in [-0.05, 0) is 42.0 Å². The summed E-state index contributed by atoms with van der Waals surface area (Å²) in [6, 6.07) is 7.67. The Morgan fingerprint density at radius 2 is 1.27 bits per heavy atom. The van der Waals surface area contributed by atoms with Crippen LogP contribution < -0.4 is 0 Å². The van der Waals surface area contributed by atoms with Gasteiger partial charge in [0.25, 0.3) is 0 Å². The molecule has 1 aromatic carbocycles. The monoisotopic (exact) mass is 203 g/mol. The number of benzene rings is 1. The topological polar surface area (TPSA) is 0 Å². The third-order valence-electron chi connectivity index (χ3n) is 2.83. The zero-order chi connectivity index (χ0) is 11.1. The van der Waals surface area contributed by atoms with Gasteiger partial charge in [-0.25, -0.2) is 0 Å². The Morgan fingerprint density at radius 3 is 1.67 bits per heavy atom. The maximum Gasteiger partial charge on any atom is -0.0178 e. The molecular weight excluding hydrogens is 180 g/mol. The Morgan fingerprint density at radius 1 is 0.800 bits per heavy atom. The van der Waals surface area contributed by atoms with E-state index in [9.17, 15) is 0 Å². The molecule has 0 unspecified atom stereocenters. The van der Waals surface area contributed by atoms with Crippen molar-refractivity contribution in [2.75, 3.05) is 0 Å². The molecule has 0 nitrogen and oxygen atoms in total. The Kier molecular flexibility index (Phi) is 5.45. The van der Waals surface area contributed by atoms with Crippen LogP contribution in [0.5, 0.6) is 0 Å². The Hall–Kier alpha value is -0.780. The fourth-order valence-corrected chi connectivity index (χ4v) is 2.18. The van der Waals surface area contributed by atoms with Crippen LogP contribution in [0.3, 0.4) is 0 Å². The van der Waals surface area contributed by atoms with Crippen LogP contribution in [0.1, 0.15) is 56.7 Å². The molecule has 0 aliphatic heterocycles. The van der Waals surface area contributed by atoms with Crippen LogP contribution in [0.4, 0.5) is 0 Å². The summed E-state index contributed by atoms with van der Waals surface area (Å²) in [6.45, 7) is 6.77. The first-order valence-electron chi connectivity index (χ1n) is 6.34. The average Bonchev–Trinajstić information content (AvgIpc) is 2.23. The SMILES string of the molecule is CCCc1c[c]cc(CCC)c1CCC. The zero-order valence-corrected chi connectivity index (χ0v) is 10.4. The van der Waals surface area contributed by atoms with E-state index in [-0.39, 0.29) is 0 Å². The van der Waals surface area contributed by atoms with Crippen LogP contribution in [0.15, 0.2) is 12.1 Å². The van der Waals surface area contributed by atoms with Gasteiger partial charge in [0, 0.05) is 0 Å². The second kappa shape index (κ2) is 6.66. The van der Waals surface area contributed by atoms with Gasteiger partial charge in [0.2, 0.25) is 0 Å². The summed E-state index contributed by atoms with van der Waals surface area (Å²) in [5, 5.41) is 0. The molecule has 0 atom stereocenters.